The number of nitrogens with zero attached hydrogens (tertiary/aromatic N) is 6. The number of carbonyl (C=O) groups is 3. The van der Waals surface area contributed by atoms with E-state index in [1.54, 1.807) is 23.0 Å². The van der Waals surface area contributed by atoms with Crippen LogP contribution < -0.4 is 4.90 Å². The number of amides is 3. The number of anilines is 1. The van der Waals surface area contributed by atoms with Crippen molar-refractivity contribution in [2.24, 2.45) is 0 Å². The van der Waals surface area contributed by atoms with E-state index in [4.69, 9.17) is 0 Å². The van der Waals surface area contributed by atoms with Crippen LogP contribution in [0.3, 0.4) is 0 Å². The molecule has 9 nitrogen and oxygen atoms in total. The Bertz CT molecular complexity index is 1390. The Morgan fingerprint density at radius 2 is 1.84 bits per heavy atom. The Kier molecular flexibility index (Phi) is 7.25. The quantitative estimate of drug-likeness (QED) is 0.420. The van der Waals surface area contributed by atoms with Crippen LogP contribution in [0.2, 0.25) is 0 Å². The maximum Gasteiger partial charge on any atom is 0.256 e. The molecule has 0 unspecified atom stereocenters. The largest absolute Gasteiger partial charge is 0.353 e. The highest BCUT2D eigenvalue weighted by Gasteiger charge is 2.35. The number of fused-ring (bicyclic) bond motifs is 1. The third-order valence-electron chi connectivity index (χ3n) is 7.62. The smallest absolute Gasteiger partial charge is 0.256 e. The van der Waals surface area contributed by atoms with Gasteiger partial charge in [-0.1, -0.05) is 28.6 Å². The molecule has 0 saturated carbocycles. The molecule has 3 amide bonds. The second-order valence-corrected chi connectivity index (χ2v) is 10.7. The molecule has 5 rings (SSSR count). The lowest BCUT2D eigenvalue weighted by Crippen LogP contribution is -2.61. The van der Waals surface area contributed by atoms with Gasteiger partial charge < -0.3 is 24.2 Å². The maximum atomic E-state index is 13.8. The van der Waals surface area contributed by atoms with E-state index in [1.165, 1.54) is 6.08 Å². The molecule has 38 heavy (non-hydrogen) atoms. The molecule has 0 radical (unpaired) electrons. The predicted molar refractivity (Wildman–Crippen MR) is 150 cm³/mol. The molecule has 2 aromatic heterocycles. The molecule has 2 aliphatic heterocycles. The molecule has 0 aliphatic carbocycles. The highest BCUT2D eigenvalue weighted by molar-refractivity contribution is 9.10. The summed E-state index contributed by atoms with van der Waals surface area (Å²) in [5, 5.41) is 0.830. The fraction of sp³-hybridized carbons (Fsp3) is 0.357. The SMILES string of the molecule is C=CC(=O)N1CC(N(C)C(=O)Cn2c(C)c(C(=O)N3CCN(c4ccccn4)CC3)c3cc(Br)ccc32)C1. The highest BCUT2D eigenvalue weighted by atomic mass is 79.9. The normalized spacial score (nSPS) is 15.9. The third-order valence-corrected chi connectivity index (χ3v) is 8.12. The van der Waals surface area contributed by atoms with E-state index in [0.717, 1.165) is 26.9 Å². The number of pyridine rings is 1. The number of hydrogen-bond donors (Lipinski definition) is 0. The molecule has 1 aromatic carbocycles. The van der Waals surface area contributed by atoms with E-state index >= 15 is 0 Å². The van der Waals surface area contributed by atoms with Crippen molar-refractivity contribution >= 4 is 50.4 Å². The summed E-state index contributed by atoms with van der Waals surface area (Å²) in [7, 11) is 1.77. The summed E-state index contributed by atoms with van der Waals surface area (Å²) in [4.78, 5) is 50.8. The first-order valence-electron chi connectivity index (χ1n) is 12.7. The molecule has 0 atom stereocenters. The number of piperazine rings is 1. The molecule has 0 bridgehead atoms. The van der Waals surface area contributed by atoms with Crippen molar-refractivity contribution in [3.8, 4) is 0 Å². The van der Waals surface area contributed by atoms with Crippen LogP contribution in [0.15, 0.2) is 59.7 Å². The average Bonchev–Trinajstić information content (AvgIpc) is 3.17. The van der Waals surface area contributed by atoms with Crippen LogP contribution in [0.1, 0.15) is 16.1 Å². The lowest BCUT2D eigenvalue weighted by molar-refractivity contribution is -0.142. The molecule has 0 spiro atoms. The van der Waals surface area contributed by atoms with Gasteiger partial charge in [0, 0.05) is 73.6 Å². The monoisotopic (exact) mass is 578 g/mol. The van der Waals surface area contributed by atoms with Gasteiger partial charge in [0.15, 0.2) is 0 Å². The number of likely N-dealkylation sites (tertiary alicyclic amines) is 1. The second kappa shape index (κ2) is 10.6. The van der Waals surface area contributed by atoms with Gasteiger partial charge in [-0.15, -0.1) is 0 Å². The highest BCUT2D eigenvalue weighted by Crippen LogP contribution is 2.31. The van der Waals surface area contributed by atoms with Gasteiger partial charge in [0.05, 0.1) is 11.6 Å². The zero-order chi connectivity index (χ0) is 27.0. The number of carbonyl (C=O) groups excluding carboxylic acids is 3. The first-order valence-corrected chi connectivity index (χ1v) is 13.5. The number of hydrogen-bond acceptors (Lipinski definition) is 5. The molecular weight excluding hydrogens is 548 g/mol. The Labute approximate surface area is 230 Å². The molecule has 4 heterocycles. The minimum absolute atomic E-state index is 0.0246. The van der Waals surface area contributed by atoms with E-state index in [1.807, 2.05) is 52.8 Å². The first kappa shape index (κ1) is 26.0. The van der Waals surface area contributed by atoms with Crippen molar-refractivity contribution in [3.63, 3.8) is 0 Å². The van der Waals surface area contributed by atoms with Crippen molar-refractivity contribution in [2.45, 2.75) is 19.5 Å². The van der Waals surface area contributed by atoms with E-state index in [-0.39, 0.29) is 30.3 Å². The van der Waals surface area contributed by atoms with Gasteiger partial charge in [-0.2, -0.15) is 0 Å². The van der Waals surface area contributed by atoms with Gasteiger partial charge in [0.1, 0.15) is 12.4 Å². The number of benzene rings is 1. The predicted octanol–water partition coefficient (Wildman–Crippen LogP) is 2.92. The molecular formula is C28H31BrN6O3. The maximum absolute atomic E-state index is 13.8. The van der Waals surface area contributed by atoms with E-state index in [9.17, 15) is 14.4 Å². The van der Waals surface area contributed by atoms with Crippen molar-refractivity contribution < 1.29 is 14.4 Å². The van der Waals surface area contributed by atoms with Crippen LogP contribution in [0.25, 0.3) is 10.9 Å². The fourth-order valence-electron chi connectivity index (χ4n) is 5.23. The van der Waals surface area contributed by atoms with Crippen molar-refractivity contribution in [1.82, 2.24) is 24.3 Å². The van der Waals surface area contributed by atoms with E-state index in [2.05, 4.69) is 32.4 Å². The Morgan fingerprint density at radius 3 is 2.50 bits per heavy atom. The molecule has 2 saturated heterocycles. The second-order valence-electron chi connectivity index (χ2n) is 9.78. The number of rotatable bonds is 6. The fourth-order valence-corrected chi connectivity index (χ4v) is 5.59. The Balaban J connectivity index is 1.35. The Hall–Kier alpha value is -3.66. The zero-order valence-corrected chi connectivity index (χ0v) is 23.2. The topological polar surface area (TPSA) is 82.0 Å². The van der Waals surface area contributed by atoms with Crippen LogP contribution in [0.4, 0.5) is 5.82 Å². The summed E-state index contributed by atoms with van der Waals surface area (Å²) in [6, 6.07) is 11.7. The minimum Gasteiger partial charge on any atom is -0.353 e. The average molecular weight is 579 g/mol. The standard InChI is InChI=1S/C28H31BrN6O3/c1-4-25(36)34-16-21(17-34)31(3)26(37)18-35-19(2)27(22-15-20(29)8-9-23(22)35)28(38)33-13-11-32(12-14-33)24-7-5-6-10-30-24/h4-10,15,21H,1,11-14,16-18H2,2-3H3. The van der Waals surface area contributed by atoms with E-state index in [0.29, 0.717) is 44.8 Å². The van der Waals surface area contributed by atoms with Gasteiger partial charge in [0.2, 0.25) is 11.8 Å². The van der Waals surface area contributed by atoms with Crippen molar-refractivity contribution in [3.05, 3.63) is 71.0 Å². The van der Waals surface area contributed by atoms with Crippen LogP contribution >= 0.6 is 15.9 Å². The molecule has 198 valence electrons. The Morgan fingerprint density at radius 1 is 1.11 bits per heavy atom. The lowest BCUT2D eigenvalue weighted by Gasteiger charge is -2.43. The number of likely N-dealkylation sites (N-methyl/N-ethyl adjacent to an activating group) is 1. The summed E-state index contributed by atoms with van der Waals surface area (Å²) in [5.41, 5.74) is 2.25. The van der Waals surface area contributed by atoms with Crippen LogP contribution in [-0.4, -0.2) is 94.3 Å². The van der Waals surface area contributed by atoms with Gasteiger partial charge in [-0.3, -0.25) is 14.4 Å². The van der Waals surface area contributed by atoms with Crippen LogP contribution in [0, 0.1) is 6.92 Å². The number of aromatic nitrogens is 2. The van der Waals surface area contributed by atoms with Gasteiger partial charge in [0.25, 0.3) is 5.91 Å². The first-order chi connectivity index (χ1) is 18.3. The molecule has 2 fully saturated rings. The lowest BCUT2D eigenvalue weighted by atomic mass is 10.1. The van der Waals surface area contributed by atoms with Crippen LogP contribution in [-0.2, 0) is 16.1 Å². The molecule has 3 aromatic rings. The zero-order valence-electron chi connectivity index (χ0n) is 21.6. The molecule has 0 N–H and O–H groups in total. The summed E-state index contributed by atoms with van der Waals surface area (Å²) >= 11 is 3.55. The summed E-state index contributed by atoms with van der Waals surface area (Å²) in [6.07, 6.45) is 3.08. The summed E-state index contributed by atoms with van der Waals surface area (Å²) in [6.45, 7) is 9.16. The summed E-state index contributed by atoms with van der Waals surface area (Å²) in [5.74, 6) is 0.710. The van der Waals surface area contributed by atoms with Gasteiger partial charge in [-0.05, 0) is 43.3 Å². The summed E-state index contributed by atoms with van der Waals surface area (Å²) < 4.78 is 2.81. The van der Waals surface area contributed by atoms with Crippen molar-refractivity contribution in [2.75, 3.05) is 51.2 Å². The molecule has 10 heteroatoms. The van der Waals surface area contributed by atoms with Gasteiger partial charge >= 0.3 is 0 Å². The van der Waals surface area contributed by atoms with Crippen molar-refractivity contribution in [1.29, 1.82) is 0 Å². The third kappa shape index (κ3) is 4.80. The molecule has 2 aliphatic rings. The van der Waals surface area contributed by atoms with Crippen LogP contribution in [0.5, 0.6) is 0 Å². The minimum atomic E-state index is -0.121. The number of halogens is 1. The van der Waals surface area contributed by atoms with E-state index < -0.39 is 0 Å². The van der Waals surface area contributed by atoms with Gasteiger partial charge in [-0.25, -0.2) is 4.98 Å².